The van der Waals surface area contributed by atoms with E-state index in [2.05, 4.69) is 11.8 Å². The van der Waals surface area contributed by atoms with Crippen LogP contribution in [0.4, 0.5) is 0 Å². The van der Waals surface area contributed by atoms with Gasteiger partial charge in [0, 0.05) is 11.1 Å². The number of aldehydes is 1. The first-order chi connectivity index (χ1) is 11.7. The van der Waals surface area contributed by atoms with Crippen LogP contribution in [0.3, 0.4) is 0 Å². The summed E-state index contributed by atoms with van der Waals surface area (Å²) in [5, 5.41) is 0. The standard InChI is InChI=1S/C22H15ClO/c23-22(17-24,20-9-5-2-6-10-20)21-15-13-19(14-16-21)12-11-18-7-3-1-4-8-18/h1-10,13-17H. The van der Waals surface area contributed by atoms with Gasteiger partial charge in [-0.25, -0.2) is 0 Å². The predicted octanol–water partition coefficient (Wildman–Crippen LogP) is 4.77. The van der Waals surface area contributed by atoms with Gasteiger partial charge < -0.3 is 4.79 Å². The average Bonchev–Trinajstić information content (AvgIpc) is 2.67. The molecule has 0 fully saturated rings. The molecular formula is C22H15ClO. The van der Waals surface area contributed by atoms with Crippen LogP contribution in [-0.2, 0) is 9.67 Å². The number of benzene rings is 3. The number of carbonyl (C=O) groups excluding carboxylic acids is 1. The summed E-state index contributed by atoms with van der Waals surface area (Å²) in [6, 6.07) is 26.6. The smallest absolute Gasteiger partial charge is 0.149 e. The van der Waals surface area contributed by atoms with Crippen molar-refractivity contribution in [1.82, 2.24) is 0 Å². The van der Waals surface area contributed by atoms with Crippen molar-refractivity contribution in [3.8, 4) is 11.8 Å². The molecule has 24 heavy (non-hydrogen) atoms. The van der Waals surface area contributed by atoms with E-state index >= 15 is 0 Å². The molecule has 0 heterocycles. The lowest BCUT2D eigenvalue weighted by atomic mass is 9.91. The maximum absolute atomic E-state index is 11.7. The Morgan fingerprint density at radius 1 is 0.667 bits per heavy atom. The Morgan fingerprint density at radius 3 is 1.67 bits per heavy atom. The molecule has 3 aromatic rings. The minimum atomic E-state index is -1.17. The van der Waals surface area contributed by atoms with Crippen molar-refractivity contribution >= 4 is 17.9 Å². The summed E-state index contributed by atoms with van der Waals surface area (Å²) in [7, 11) is 0. The third-order valence-corrected chi connectivity index (χ3v) is 4.31. The van der Waals surface area contributed by atoms with Crippen molar-refractivity contribution in [2.75, 3.05) is 0 Å². The molecule has 0 spiro atoms. The van der Waals surface area contributed by atoms with Crippen molar-refractivity contribution < 1.29 is 4.79 Å². The van der Waals surface area contributed by atoms with Crippen LogP contribution in [0.2, 0.25) is 0 Å². The highest BCUT2D eigenvalue weighted by molar-refractivity contribution is 6.33. The lowest BCUT2D eigenvalue weighted by Crippen LogP contribution is -2.22. The van der Waals surface area contributed by atoms with Gasteiger partial charge in [0.15, 0.2) is 0 Å². The second-order valence-corrected chi connectivity index (χ2v) is 5.99. The van der Waals surface area contributed by atoms with Gasteiger partial charge in [0.05, 0.1) is 0 Å². The molecule has 116 valence electrons. The lowest BCUT2D eigenvalue weighted by molar-refractivity contribution is -0.109. The Labute approximate surface area is 146 Å². The summed E-state index contributed by atoms with van der Waals surface area (Å²) in [6.07, 6.45) is 0.772. The molecule has 0 aromatic heterocycles. The molecule has 0 aliphatic heterocycles. The predicted molar refractivity (Wildman–Crippen MR) is 98.0 cm³/mol. The first-order valence-corrected chi connectivity index (χ1v) is 7.98. The van der Waals surface area contributed by atoms with E-state index in [1.54, 1.807) is 0 Å². The third-order valence-electron chi connectivity index (χ3n) is 3.79. The number of alkyl halides is 1. The molecule has 0 radical (unpaired) electrons. The van der Waals surface area contributed by atoms with Gasteiger partial charge in [0.1, 0.15) is 11.2 Å². The van der Waals surface area contributed by atoms with Crippen LogP contribution in [0, 0.1) is 11.8 Å². The number of rotatable bonds is 3. The summed E-state index contributed by atoms with van der Waals surface area (Å²) < 4.78 is 0. The lowest BCUT2D eigenvalue weighted by Gasteiger charge is -2.21. The van der Waals surface area contributed by atoms with Crippen LogP contribution in [0.1, 0.15) is 22.3 Å². The SMILES string of the molecule is O=CC(Cl)(c1ccccc1)c1ccc(C#Cc2ccccc2)cc1. The highest BCUT2D eigenvalue weighted by atomic mass is 35.5. The Balaban J connectivity index is 1.89. The molecule has 3 rings (SSSR count). The minimum Gasteiger partial charge on any atom is -0.301 e. The third kappa shape index (κ3) is 3.40. The second kappa shape index (κ2) is 7.17. The highest BCUT2D eigenvalue weighted by Gasteiger charge is 2.31. The molecule has 0 amide bonds. The monoisotopic (exact) mass is 330 g/mol. The molecule has 0 aliphatic rings. The topological polar surface area (TPSA) is 17.1 Å². The summed E-state index contributed by atoms with van der Waals surface area (Å²) in [4.78, 5) is 10.5. The van der Waals surface area contributed by atoms with E-state index in [0.29, 0.717) is 0 Å². The van der Waals surface area contributed by atoms with Crippen molar-refractivity contribution in [2.24, 2.45) is 0 Å². The molecular weight excluding hydrogens is 316 g/mol. The fourth-order valence-corrected chi connectivity index (χ4v) is 2.70. The summed E-state index contributed by atoms with van der Waals surface area (Å²) in [6.45, 7) is 0. The van der Waals surface area contributed by atoms with Gasteiger partial charge in [0.25, 0.3) is 0 Å². The summed E-state index contributed by atoms with van der Waals surface area (Å²) in [5.41, 5.74) is 3.33. The zero-order chi connectivity index (χ0) is 16.8. The van der Waals surface area contributed by atoms with Gasteiger partial charge in [0.2, 0.25) is 0 Å². The van der Waals surface area contributed by atoms with Crippen molar-refractivity contribution in [1.29, 1.82) is 0 Å². The van der Waals surface area contributed by atoms with Crippen LogP contribution < -0.4 is 0 Å². The highest BCUT2D eigenvalue weighted by Crippen LogP contribution is 2.34. The Hall–Kier alpha value is -2.82. The number of hydrogen-bond donors (Lipinski definition) is 0. The maximum atomic E-state index is 11.7. The van der Waals surface area contributed by atoms with Crippen LogP contribution in [0.15, 0.2) is 84.9 Å². The molecule has 0 saturated heterocycles. The van der Waals surface area contributed by atoms with Gasteiger partial charge in [-0.3, -0.25) is 0 Å². The van der Waals surface area contributed by atoms with Crippen LogP contribution in [-0.4, -0.2) is 6.29 Å². The molecule has 0 aliphatic carbocycles. The molecule has 1 nitrogen and oxygen atoms in total. The number of carbonyl (C=O) groups is 1. The Kier molecular flexibility index (Phi) is 4.79. The van der Waals surface area contributed by atoms with Gasteiger partial charge in [-0.2, -0.15) is 0 Å². The fourth-order valence-electron chi connectivity index (χ4n) is 2.45. The van der Waals surface area contributed by atoms with E-state index < -0.39 is 4.87 Å². The van der Waals surface area contributed by atoms with E-state index in [1.165, 1.54) is 0 Å². The molecule has 0 bridgehead atoms. The Bertz CT molecular complexity index is 874. The fraction of sp³-hybridized carbons (Fsp3) is 0.0455. The van der Waals surface area contributed by atoms with E-state index in [4.69, 9.17) is 11.6 Å². The average molecular weight is 331 g/mol. The molecule has 2 heteroatoms. The zero-order valence-electron chi connectivity index (χ0n) is 12.9. The van der Waals surface area contributed by atoms with E-state index in [0.717, 1.165) is 28.5 Å². The van der Waals surface area contributed by atoms with Crippen LogP contribution >= 0.6 is 11.6 Å². The number of halogens is 1. The summed E-state index contributed by atoms with van der Waals surface area (Å²) >= 11 is 6.60. The molecule has 3 aromatic carbocycles. The Morgan fingerprint density at radius 2 is 1.12 bits per heavy atom. The summed E-state index contributed by atoms with van der Waals surface area (Å²) in [5.74, 6) is 6.23. The van der Waals surface area contributed by atoms with Crippen molar-refractivity contribution in [3.05, 3.63) is 107 Å². The first-order valence-electron chi connectivity index (χ1n) is 7.61. The maximum Gasteiger partial charge on any atom is 0.149 e. The normalized spacial score (nSPS) is 12.5. The van der Waals surface area contributed by atoms with Gasteiger partial charge in [-0.05, 0) is 35.4 Å². The van der Waals surface area contributed by atoms with Crippen molar-refractivity contribution in [3.63, 3.8) is 0 Å². The van der Waals surface area contributed by atoms with Gasteiger partial charge >= 0.3 is 0 Å². The molecule has 1 atom stereocenters. The minimum absolute atomic E-state index is 0.732. The molecule has 0 N–H and O–H groups in total. The largest absolute Gasteiger partial charge is 0.301 e. The van der Waals surface area contributed by atoms with E-state index in [-0.39, 0.29) is 0 Å². The number of hydrogen-bond acceptors (Lipinski definition) is 1. The van der Waals surface area contributed by atoms with Crippen molar-refractivity contribution in [2.45, 2.75) is 4.87 Å². The van der Waals surface area contributed by atoms with Gasteiger partial charge in [-0.1, -0.05) is 72.5 Å². The van der Waals surface area contributed by atoms with Crippen LogP contribution in [0.5, 0.6) is 0 Å². The van der Waals surface area contributed by atoms with E-state index in [9.17, 15) is 4.79 Å². The first kappa shape index (κ1) is 16.1. The second-order valence-electron chi connectivity index (χ2n) is 5.39. The van der Waals surface area contributed by atoms with Crippen LogP contribution in [0.25, 0.3) is 0 Å². The molecule has 0 saturated carbocycles. The molecule has 1 unspecified atom stereocenters. The van der Waals surface area contributed by atoms with E-state index in [1.807, 2.05) is 84.9 Å². The quantitative estimate of drug-likeness (QED) is 0.384. The van der Waals surface area contributed by atoms with Gasteiger partial charge in [-0.15, -0.1) is 11.6 Å². The zero-order valence-corrected chi connectivity index (χ0v) is 13.7.